The van der Waals surface area contributed by atoms with E-state index in [1.165, 1.54) is 22.6 Å². The predicted molar refractivity (Wildman–Crippen MR) is 78.3 cm³/mol. The van der Waals surface area contributed by atoms with Crippen LogP contribution >= 0.6 is 11.8 Å². The van der Waals surface area contributed by atoms with Gasteiger partial charge in [-0.25, -0.2) is 4.39 Å². The third-order valence-electron chi connectivity index (χ3n) is 3.26. The molecule has 0 aromatic heterocycles. The molecule has 4 nitrogen and oxygen atoms in total. The summed E-state index contributed by atoms with van der Waals surface area (Å²) in [6.45, 7) is 0.353. The van der Waals surface area contributed by atoms with Crippen molar-refractivity contribution in [3.8, 4) is 5.75 Å². The lowest BCUT2D eigenvalue weighted by molar-refractivity contribution is -0.386. The zero-order valence-electron chi connectivity index (χ0n) is 11.0. The molecule has 0 radical (unpaired) electrons. The molecule has 2 aromatic carbocycles. The first-order valence-electron chi connectivity index (χ1n) is 6.45. The highest BCUT2D eigenvalue weighted by Crippen LogP contribution is 2.37. The molecule has 1 unspecified atom stereocenters. The molecule has 0 amide bonds. The SMILES string of the molecule is O=[N+]([O-])c1cc(F)ccc1OCC1Cc2ccccc2S1. The summed E-state index contributed by atoms with van der Waals surface area (Å²) in [6.07, 6.45) is 0.871. The van der Waals surface area contributed by atoms with Gasteiger partial charge in [-0.3, -0.25) is 10.1 Å². The maximum absolute atomic E-state index is 13.1. The number of rotatable bonds is 4. The van der Waals surface area contributed by atoms with Gasteiger partial charge in [-0.2, -0.15) is 0 Å². The summed E-state index contributed by atoms with van der Waals surface area (Å²) in [4.78, 5) is 11.5. The van der Waals surface area contributed by atoms with Crippen molar-refractivity contribution in [3.05, 3.63) is 64.0 Å². The van der Waals surface area contributed by atoms with Crippen molar-refractivity contribution in [2.45, 2.75) is 16.6 Å². The number of benzene rings is 2. The molecule has 0 spiro atoms. The Morgan fingerprint density at radius 2 is 2.14 bits per heavy atom. The normalized spacial score (nSPS) is 16.5. The first-order chi connectivity index (χ1) is 10.1. The number of nitro groups is 1. The second-order valence-corrected chi connectivity index (χ2v) is 6.07. The number of halogens is 1. The Labute approximate surface area is 125 Å². The first-order valence-corrected chi connectivity index (χ1v) is 7.33. The van der Waals surface area contributed by atoms with Crippen LogP contribution < -0.4 is 4.74 Å². The lowest BCUT2D eigenvalue weighted by Crippen LogP contribution is -2.14. The zero-order valence-corrected chi connectivity index (χ0v) is 11.8. The van der Waals surface area contributed by atoms with E-state index >= 15 is 0 Å². The molecule has 1 heterocycles. The van der Waals surface area contributed by atoms with Crippen molar-refractivity contribution in [2.75, 3.05) is 6.61 Å². The van der Waals surface area contributed by atoms with Gasteiger partial charge < -0.3 is 4.74 Å². The molecule has 2 aromatic rings. The summed E-state index contributed by atoms with van der Waals surface area (Å²) in [5.74, 6) is -0.533. The van der Waals surface area contributed by atoms with E-state index in [-0.39, 0.29) is 16.7 Å². The monoisotopic (exact) mass is 305 g/mol. The summed E-state index contributed by atoms with van der Waals surface area (Å²) in [6, 6.07) is 11.5. The van der Waals surface area contributed by atoms with Gasteiger partial charge in [0.15, 0.2) is 5.75 Å². The molecule has 0 saturated heterocycles. The van der Waals surface area contributed by atoms with Crippen LogP contribution in [0.15, 0.2) is 47.4 Å². The van der Waals surface area contributed by atoms with Crippen LogP contribution in [0.1, 0.15) is 5.56 Å². The Hall–Kier alpha value is -2.08. The Bertz CT molecular complexity index is 667. The number of nitrogens with zero attached hydrogens (tertiary/aromatic N) is 1. The van der Waals surface area contributed by atoms with Gasteiger partial charge in [0.1, 0.15) is 12.4 Å². The van der Waals surface area contributed by atoms with Gasteiger partial charge in [0.2, 0.25) is 0 Å². The molecule has 1 aliphatic rings. The van der Waals surface area contributed by atoms with Crippen molar-refractivity contribution < 1.29 is 14.1 Å². The number of hydrogen-bond donors (Lipinski definition) is 0. The van der Waals surface area contributed by atoms with E-state index in [0.29, 0.717) is 6.61 Å². The van der Waals surface area contributed by atoms with Crippen LogP contribution in [0.5, 0.6) is 5.75 Å². The van der Waals surface area contributed by atoms with Crippen molar-refractivity contribution in [3.63, 3.8) is 0 Å². The van der Waals surface area contributed by atoms with Gasteiger partial charge >= 0.3 is 5.69 Å². The smallest absolute Gasteiger partial charge is 0.313 e. The van der Waals surface area contributed by atoms with Gasteiger partial charge in [0.05, 0.1) is 11.0 Å². The minimum absolute atomic E-state index is 0.109. The third kappa shape index (κ3) is 3.00. The fraction of sp³-hybridized carbons (Fsp3) is 0.200. The fourth-order valence-electron chi connectivity index (χ4n) is 2.28. The third-order valence-corrected chi connectivity index (χ3v) is 4.54. The molecule has 1 aliphatic heterocycles. The largest absolute Gasteiger partial charge is 0.486 e. The lowest BCUT2D eigenvalue weighted by atomic mass is 10.1. The zero-order chi connectivity index (χ0) is 14.8. The van der Waals surface area contributed by atoms with Gasteiger partial charge in [0.25, 0.3) is 0 Å². The standard InChI is InChI=1S/C15H12FNO3S/c16-11-5-6-14(13(8-11)17(18)19)20-9-12-7-10-3-1-2-4-15(10)21-12/h1-6,8,12H,7,9H2. The van der Waals surface area contributed by atoms with Gasteiger partial charge in [0, 0.05) is 10.1 Å². The van der Waals surface area contributed by atoms with Gasteiger partial charge in [-0.15, -0.1) is 11.8 Å². The van der Waals surface area contributed by atoms with E-state index in [2.05, 4.69) is 12.1 Å². The molecule has 0 aliphatic carbocycles. The lowest BCUT2D eigenvalue weighted by Gasteiger charge is -2.11. The molecule has 108 valence electrons. The van der Waals surface area contributed by atoms with Crippen LogP contribution in [-0.4, -0.2) is 16.8 Å². The Morgan fingerprint density at radius 3 is 2.90 bits per heavy atom. The summed E-state index contributed by atoms with van der Waals surface area (Å²) in [5.41, 5.74) is 0.931. The number of nitro benzene ring substituents is 1. The second-order valence-electron chi connectivity index (χ2n) is 4.73. The van der Waals surface area contributed by atoms with Gasteiger partial charge in [-0.05, 0) is 30.2 Å². The minimum Gasteiger partial charge on any atom is -0.486 e. The van der Waals surface area contributed by atoms with Crippen LogP contribution in [0.25, 0.3) is 0 Å². The van der Waals surface area contributed by atoms with Crippen LogP contribution in [0.4, 0.5) is 10.1 Å². The Kier molecular flexibility index (Phi) is 3.79. The number of ether oxygens (including phenoxy) is 1. The number of thioether (sulfide) groups is 1. The molecule has 21 heavy (non-hydrogen) atoms. The van der Waals surface area contributed by atoms with Crippen molar-refractivity contribution in [1.29, 1.82) is 0 Å². The van der Waals surface area contributed by atoms with E-state index in [9.17, 15) is 14.5 Å². The molecule has 6 heteroatoms. The fourth-order valence-corrected chi connectivity index (χ4v) is 3.50. The van der Waals surface area contributed by atoms with Crippen molar-refractivity contribution >= 4 is 17.4 Å². The molecule has 3 rings (SSSR count). The highest BCUT2D eigenvalue weighted by atomic mass is 32.2. The highest BCUT2D eigenvalue weighted by Gasteiger charge is 2.24. The van der Waals surface area contributed by atoms with E-state index in [0.717, 1.165) is 12.5 Å². The summed E-state index contributed by atoms with van der Waals surface area (Å²) in [7, 11) is 0. The van der Waals surface area contributed by atoms with E-state index in [1.54, 1.807) is 11.8 Å². The number of fused-ring (bicyclic) bond motifs is 1. The average molecular weight is 305 g/mol. The molecule has 0 fully saturated rings. The molecule has 0 saturated carbocycles. The van der Waals surface area contributed by atoms with Crippen molar-refractivity contribution in [2.24, 2.45) is 0 Å². The number of hydrogen-bond acceptors (Lipinski definition) is 4. The summed E-state index contributed by atoms with van der Waals surface area (Å²) >= 11 is 1.70. The summed E-state index contributed by atoms with van der Waals surface area (Å²) in [5, 5.41) is 11.1. The molecular formula is C15H12FNO3S. The second kappa shape index (κ2) is 5.73. The maximum Gasteiger partial charge on any atom is 0.313 e. The predicted octanol–water partition coefficient (Wildman–Crippen LogP) is 3.83. The van der Waals surface area contributed by atoms with E-state index in [4.69, 9.17) is 4.74 Å². The van der Waals surface area contributed by atoms with Crippen LogP contribution in [0.2, 0.25) is 0 Å². The Balaban J connectivity index is 1.68. The topological polar surface area (TPSA) is 52.4 Å². The minimum atomic E-state index is -0.642. The molecule has 1 atom stereocenters. The molecular weight excluding hydrogens is 293 g/mol. The van der Waals surface area contributed by atoms with Crippen LogP contribution in [-0.2, 0) is 6.42 Å². The van der Waals surface area contributed by atoms with E-state index in [1.807, 2.05) is 12.1 Å². The maximum atomic E-state index is 13.1. The van der Waals surface area contributed by atoms with Gasteiger partial charge in [-0.1, -0.05) is 18.2 Å². The average Bonchev–Trinajstić information content (AvgIpc) is 2.88. The van der Waals surface area contributed by atoms with E-state index < -0.39 is 10.7 Å². The van der Waals surface area contributed by atoms with Crippen molar-refractivity contribution in [1.82, 2.24) is 0 Å². The van der Waals surface area contributed by atoms with Crippen LogP contribution in [0, 0.1) is 15.9 Å². The molecule has 0 bridgehead atoms. The highest BCUT2D eigenvalue weighted by molar-refractivity contribution is 8.00. The summed E-state index contributed by atoms with van der Waals surface area (Å²) < 4.78 is 18.6. The first kappa shape index (κ1) is 13.9. The Morgan fingerprint density at radius 1 is 1.33 bits per heavy atom. The molecule has 0 N–H and O–H groups in total. The van der Waals surface area contributed by atoms with Crippen LogP contribution in [0.3, 0.4) is 0 Å². The quantitative estimate of drug-likeness (QED) is 0.636.